The van der Waals surface area contributed by atoms with E-state index in [1.165, 1.54) is 11.8 Å². The van der Waals surface area contributed by atoms with Crippen LogP contribution in [0, 0.1) is 5.92 Å². The van der Waals surface area contributed by atoms with Gasteiger partial charge in [-0.15, -0.1) is 0 Å². The van der Waals surface area contributed by atoms with Gasteiger partial charge in [0.05, 0.1) is 11.8 Å². The summed E-state index contributed by atoms with van der Waals surface area (Å²) in [5, 5.41) is 3.51. The van der Waals surface area contributed by atoms with Crippen LogP contribution in [0.5, 0.6) is 11.5 Å². The molecule has 1 saturated heterocycles. The van der Waals surface area contributed by atoms with E-state index < -0.39 is 9.84 Å². The Kier molecular flexibility index (Phi) is 5.54. The number of hydrogen-bond acceptors (Lipinski definition) is 7. The number of rotatable bonds is 7. The van der Waals surface area contributed by atoms with E-state index in [-0.39, 0.29) is 18.6 Å². The molecule has 150 valence electrons. The second kappa shape index (κ2) is 8.08. The van der Waals surface area contributed by atoms with E-state index in [9.17, 15) is 8.42 Å². The SMILES string of the molecule is CS(=O)(=O)Cc1ccc(CNCC2CNNC2c2ccc3c(c2)OCO3)cc1. The van der Waals surface area contributed by atoms with E-state index in [2.05, 4.69) is 22.2 Å². The molecule has 0 radical (unpaired) electrons. The first kappa shape index (κ1) is 19.2. The molecule has 28 heavy (non-hydrogen) atoms. The number of sulfone groups is 1. The summed E-state index contributed by atoms with van der Waals surface area (Å²) in [7, 11) is -3.00. The molecule has 0 aromatic heterocycles. The van der Waals surface area contributed by atoms with Gasteiger partial charge in [-0.25, -0.2) is 13.8 Å². The first-order chi connectivity index (χ1) is 13.5. The standard InChI is InChI=1S/C20H25N3O4S/c1-28(24,25)12-15-4-2-14(3-5-15)9-21-10-17-11-22-23-20(17)16-6-7-18-19(8-16)27-13-26-18/h2-8,17,20-23H,9-13H2,1H3. The fraction of sp³-hybridized carbons (Fsp3) is 0.400. The highest BCUT2D eigenvalue weighted by molar-refractivity contribution is 7.89. The van der Waals surface area contributed by atoms with Crippen molar-refractivity contribution in [2.45, 2.75) is 18.3 Å². The van der Waals surface area contributed by atoms with Crippen molar-refractivity contribution >= 4 is 9.84 Å². The third-order valence-corrected chi connectivity index (χ3v) is 5.89. The third kappa shape index (κ3) is 4.64. The Morgan fingerprint density at radius 2 is 1.82 bits per heavy atom. The molecule has 3 N–H and O–H groups in total. The van der Waals surface area contributed by atoms with Crippen LogP contribution in [-0.2, 0) is 22.1 Å². The molecular formula is C20H25N3O4S. The summed E-state index contributed by atoms with van der Waals surface area (Å²) in [6.45, 7) is 2.75. The molecule has 8 heteroatoms. The van der Waals surface area contributed by atoms with Gasteiger partial charge in [-0.3, -0.25) is 5.43 Å². The number of nitrogens with one attached hydrogen (secondary N) is 3. The summed E-state index contributed by atoms with van der Waals surface area (Å²) in [6.07, 6.45) is 1.25. The Morgan fingerprint density at radius 1 is 1.07 bits per heavy atom. The fourth-order valence-corrected chi connectivity index (χ4v) is 4.44. The molecule has 0 spiro atoms. The Hall–Kier alpha value is -2.13. The molecule has 0 amide bonds. The number of hydrazine groups is 1. The first-order valence-corrected chi connectivity index (χ1v) is 11.4. The summed E-state index contributed by atoms with van der Waals surface area (Å²) in [6, 6.07) is 14.0. The number of fused-ring (bicyclic) bond motifs is 1. The molecule has 2 heterocycles. The maximum atomic E-state index is 11.4. The fourth-order valence-electron chi connectivity index (χ4n) is 3.65. The van der Waals surface area contributed by atoms with E-state index >= 15 is 0 Å². The smallest absolute Gasteiger partial charge is 0.231 e. The zero-order valence-electron chi connectivity index (χ0n) is 15.8. The minimum Gasteiger partial charge on any atom is -0.454 e. The van der Waals surface area contributed by atoms with Crippen LogP contribution < -0.4 is 25.6 Å². The van der Waals surface area contributed by atoms with Gasteiger partial charge in [0.25, 0.3) is 0 Å². The van der Waals surface area contributed by atoms with E-state index in [0.717, 1.165) is 42.3 Å². The van der Waals surface area contributed by atoms with Crippen LogP contribution in [0.2, 0.25) is 0 Å². The Bertz CT molecular complexity index is 931. The highest BCUT2D eigenvalue weighted by Gasteiger charge is 2.29. The third-order valence-electron chi connectivity index (χ3n) is 5.04. The maximum absolute atomic E-state index is 11.4. The molecule has 0 aliphatic carbocycles. The lowest BCUT2D eigenvalue weighted by molar-refractivity contribution is 0.174. The molecule has 2 aromatic rings. The molecule has 1 fully saturated rings. The molecule has 2 unspecified atom stereocenters. The molecule has 7 nitrogen and oxygen atoms in total. The highest BCUT2D eigenvalue weighted by atomic mass is 32.2. The van der Waals surface area contributed by atoms with Gasteiger partial charge < -0.3 is 14.8 Å². The first-order valence-electron chi connectivity index (χ1n) is 9.32. The van der Waals surface area contributed by atoms with Gasteiger partial charge in [0.2, 0.25) is 6.79 Å². The van der Waals surface area contributed by atoms with Crippen molar-refractivity contribution in [1.29, 1.82) is 0 Å². The van der Waals surface area contributed by atoms with Crippen molar-refractivity contribution in [2.24, 2.45) is 5.92 Å². The van der Waals surface area contributed by atoms with Gasteiger partial charge in [0.15, 0.2) is 21.3 Å². The predicted molar refractivity (Wildman–Crippen MR) is 107 cm³/mol. The second-order valence-electron chi connectivity index (χ2n) is 7.39. The molecule has 0 saturated carbocycles. The average Bonchev–Trinajstić information content (AvgIpc) is 3.30. The lowest BCUT2D eigenvalue weighted by atomic mass is 9.94. The van der Waals surface area contributed by atoms with Crippen LogP contribution in [0.1, 0.15) is 22.7 Å². The molecule has 4 rings (SSSR count). The largest absolute Gasteiger partial charge is 0.454 e. The minimum atomic E-state index is -3.00. The van der Waals surface area contributed by atoms with Crippen LogP contribution in [0.15, 0.2) is 42.5 Å². The lowest BCUT2D eigenvalue weighted by Crippen LogP contribution is -2.28. The van der Waals surface area contributed by atoms with E-state index in [1.807, 2.05) is 36.4 Å². The summed E-state index contributed by atoms with van der Waals surface area (Å²) >= 11 is 0. The number of hydrogen-bond donors (Lipinski definition) is 3. The van der Waals surface area contributed by atoms with Crippen molar-refractivity contribution in [3.63, 3.8) is 0 Å². The Morgan fingerprint density at radius 3 is 2.61 bits per heavy atom. The van der Waals surface area contributed by atoms with Crippen LogP contribution in [-0.4, -0.2) is 34.6 Å². The van der Waals surface area contributed by atoms with Gasteiger partial charge >= 0.3 is 0 Å². The van der Waals surface area contributed by atoms with Gasteiger partial charge in [0, 0.05) is 31.8 Å². The second-order valence-corrected chi connectivity index (χ2v) is 9.53. The van der Waals surface area contributed by atoms with E-state index in [1.54, 1.807) is 0 Å². The van der Waals surface area contributed by atoms with Gasteiger partial charge in [0.1, 0.15) is 0 Å². The van der Waals surface area contributed by atoms with Crippen molar-refractivity contribution in [3.05, 3.63) is 59.2 Å². The van der Waals surface area contributed by atoms with Crippen LogP contribution in [0.3, 0.4) is 0 Å². The maximum Gasteiger partial charge on any atom is 0.231 e. The van der Waals surface area contributed by atoms with E-state index in [0.29, 0.717) is 5.92 Å². The summed E-state index contributed by atoms with van der Waals surface area (Å²) in [4.78, 5) is 0. The van der Waals surface area contributed by atoms with Crippen LogP contribution >= 0.6 is 0 Å². The number of ether oxygens (including phenoxy) is 2. The molecule has 2 atom stereocenters. The summed E-state index contributed by atoms with van der Waals surface area (Å²) in [5.41, 5.74) is 9.72. The zero-order chi connectivity index (χ0) is 19.6. The van der Waals surface area contributed by atoms with Crippen molar-refractivity contribution in [1.82, 2.24) is 16.2 Å². The monoisotopic (exact) mass is 403 g/mol. The van der Waals surface area contributed by atoms with Gasteiger partial charge in [-0.05, 0) is 28.8 Å². The summed E-state index contributed by atoms with van der Waals surface area (Å²) < 4.78 is 33.6. The molecule has 2 aliphatic heterocycles. The molecule has 2 aromatic carbocycles. The average molecular weight is 404 g/mol. The normalized spacial score (nSPS) is 21.2. The minimum absolute atomic E-state index is 0.0807. The highest BCUT2D eigenvalue weighted by Crippen LogP contribution is 2.36. The van der Waals surface area contributed by atoms with Crippen LogP contribution in [0.4, 0.5) is 0 Å². The zero-order valence-corrected chi connectivity index (χ0v) is 16.6. The quantitative estimate of drug-likeness (QED) is 0.646. The molecule has 2 aliphatic rings. The Labute approximate surface area is 165 Å². The number of benzene rings is 2. The van der Waals surface area contributed by atoms with Crippen molar-refractivity contribution in [3.8, 4) is 11.5 Å². The summed E-state index contributed by atoms with van der Waals surface area (Å²) in [5.74, 6) is 2.07. The van der Waals surface area contributed by atoms with Crippen LogP contribution in [0.25, 0.3) is 0 Å². The lowest BCUT2D eigenvalue weighted by Gasteiger charge is -2.19. The van der Waals surface area contributed by atoms with Crippen molar-refractivity contribution in [2.75, 3.05) is 26.1 Å². The molecular weight excluding hydrogens is 378 g/mol. The van der Waals surface area contributed by atoms with E-state index in [4.69, 9.17) is 9.47 Å². The predicted octanol–water partition coefficient (Wildman–Crippen LogP) is 1.51. The molecule has 0 bridgehead atoms. The van der Waals surface area contributed by atoms with Crippen molar-refractivity contribution < 1.29 is 17.9 Å². The topological polar surface area (TPSA) is 88.7 Å². The van der Waals surface area contributed by atoms with Gasteiger partial charge in [-0.2, -0.15) is 0 Å². The Balaban J connectivity index is 1.32. The van der Waals surface area contributed by atoms with Gasteiger partial charge in [-0.1, -0.05) is 30.3 Å².